The zero-order valence-corrected chi connectivity index (χ0v) is 14.6. The molecule has 0 aliphatic heterocycles. The Bertz CT molecular complexity index is 834. The van der Waals surface area contributed by atoms with E-state index in [0.29, 0.717) is 0 Å². The smallest absolute Gasteiger partial charge is 0.00745 e. The van der Waals surface area contributed by atoms with Crippen LogP contribution in [-0.4, -0.2) is 6.54 Å². The number of aryl methyl sites for hydroxylation is 1. The Morgan fingerprint density at radius 1 is 0.720 bits per heavy atom. The Hall–Kier alpha value is -2.38. The molecule has 0 aromatic heterocycles. The highest BCUT2D eigenvalue weighted by Gasteiger charge is 2.18. The molecule has 0 heterocycles. The molecule has 0 spiro atoms. The number of hydrogen-bond acceptors (Lipinski definition) is 1. The molecule has 4 rings (SSSR count). The van der Waals surface area contributed by atoms with E-state index in [9.17, 15) is 0 Å². The van der Waals surface area contributed by atoms with Crippen molar-refractivity contribution < 1.29 is 0 Å². The quantitative estimate of drug-likeness (QED) is 0.675. The average Bonchev–Trinajstić information content (AvgIpc) is 2.69. The van der Waals surface area contributed by atoms with Gasteiger partial charge in [-0.15, -0.1) is 0 Å². The van der Waals surface area contributed by atoms with E-state index in [0.717, 1.165) is 18.9 Å². The first-order valence-corrected chi connectivity index (χ1v) is 9.31. The Morgan fingerprint density at radius 2 is 1.36 bits per heavy atom. The van der Waals surface area contributed by atoms with E-state index < -0.39 is 0 Å². The molecular weight excluding hydrogens is 302 g/mol. The van der Waals surface area contributed by atoms with Crippen molar-refractivity contribution in [2.75, 3.05) is 6.54 Å². The van der Waals surface area contributed by atoms with Crippen molar-refractivity contribution in [2.45, 2.75) is 25.7 Å². The minimum absolute atomic E-state index is 0.772. The zero-order valence-electron chi connectivity index (χ0n) is 14.6. The molecule has 1 unspecified atom stereocenters. The van der Waals surface area contributed by atoms with Gasteiger partial charge in [0.05, 0.1) is 0 Å². The standard InChI is InChI=1S/C24H25N/c25-15-14-18-6-7-24-17-23(13-12-22(24)16-18)21-10-8-20(9-11-21)19-4-2-1-3-5-19/h1-5,8-13,17-18H,6-7,14-16,25H2. The van der Waals surface area contributed by atoms with Gasteiger partial charge in [-0.1, -0.05) is 72.8 Å². The summed E-state index contributed by atoms with van der Waals surface area (Å²) >= 11 is 0. The lowest BCUT2D eigenvalue weighted by molar-refractivity contribution is 0.433. The molecule has 3 aromatic carbocycles. The van der Waals surface area contributed by atoms with Gasteiger partial charge in [0.25, 0.3) is 0 Å². The van der Waals surface area contributed by atoms with Crippen LogP contribution < -0.4 is 5.73 Å². The summed E-state index contributed by atoms with van der Waals surface area (Å²) in [6.07, 6.45) is 4.82. The van der Waals surface area contributed by atoms with Gasteiger partial charge in [0.1, 0.15) is 0 Å². The van der Waals surface area contributed by atoms with Crippen LogP contribution >= 0.6 is 0 Å². The maximum absolute atomic E-state index is 5.73. The Balaban J connectivity index is 1.57. The van der Waals surface area contributed by atoms with Crippen molar-refractivity contribution in [1.29, 1.82) is 0 Å². The van der Waals surface area contributed by atoms with Crippen LogP contribution in [0, 0.1) is 5.92 Å². The van der Waals surface area contributed by atoms with Crippen LogP contribution in [0.25, 0.3) is 22.3 Å². The summed E-state index contributed by atoms with van der Waals surface area (Å²) in [5.41, 5.74) is 13.9. The van der Waals surface area contributed by atoms with Crippen molar-refractivity contribution >= 4 is 0 Å². The fourth-order valence-electron chi connectivity index (χ4n) is 3.98. The van der Waals surface area contributed by atoms with E-state index in [1.54, 1.807) is 0 Å². The zero-order chi connectivity index (χ0) is 17.1. The monoisotopic (exact) mass is 327 g/mol. The molecule has 0 bridgehead atoms. The largest absolute Gasteiger partial charge is 0.330 e. The van der Waals surface area contributed by atoms with E-state index in [-0.39, 0.29) is 0 Å². The van der Waals surface area contributed by atoms with Crippen LogP contribution in [0.1, 0.15) is 24.0 Å². The maximum Gasteiger partial charge on any atom is -0.00745 e. The second-order valence-corrected chi connectivity index (χ2v) is 7.11. The van der Waals surface area contributed by atoms with E-state index in [4.69, 9.17) is 5.73 Å². The van der Waals surface area contributed by atoms with Gasteiger partial charge in [-0.25, -0.2) is 0 Å². The number of hydrogen-bond donors (Lipinski definition) is 1. The highest BCUT2D eigenvalue weighted by molar-refractivity contribution is 5.71. The third kappa shape index (κ3) is 3.52. The average molecular weight is 327 g/mol. The first-order chi connectivity index (χ1) is 12.3. The third-order valence-corrected chi connectivity index (χ3v) is 5.44. The predicted octanol–water partition coefficient (Wildman–Crippen LogP) is 5.47. The van der Waals surface area contributed by atoms with Crippen molar-refractivity contribution in [2.24, 2.45) is 11.7 Å². The lowest BCUT2D eigenvalue weighted by Crippen LogP contribution is -2.17. The lowest BCUT2D eigenvalue weighted by Gasteiger charge is -2.24. The SMILES string of the molecule is NCCC1CCc2cc(-c3ccc(-c4ccccc4)cc3)ccc2C1. The fourth-order valence-corrected chi connectivity index (χ4v) is 3.98. The second kappa shape index (κ2) is 7.25. The molecule has 1 nitrogen and oxygen atoms in total. The molecule has 1 heteroatoms. The molecule has 0 radical (unpaired) electrons. The van der Waals surface area contributed by atoms with E-state index in [2.05, 4.69) is 72.8 Å². The van der Waals surface area contributed by atoms with Crippen molar-refractivity contribution in [3.05, 3.63) is 83.9 Å². The molecule has 0 saturated carbocycles. The lowest BCUT2D eigenvalue weighted by atomic mass is 9.81. The molecule has 0 fully saturated rings. The number of benzene rings is 3. The van der Waals surface area contributed by atoms with Gasteiger partial charge in [0, 0.05) is 0 Å². The first kappa shape index (κ1) is 16.1. The van der Waals surface area contributed by atoms with Gasteiger partial charge in [-0.2, -0.15) is 0 Å². The van der Waals surface area contributed by atoms with Crippen molar-refractivity contribution in [3.8, 4) is 22.3 Å². The van der Waals surface area contributed by atoms with Crippen molar-refractivity contribution in [3.63, 3.8) is 0 Å². The summed E-state index contributed by atoms with van der Waals surface area (Å²) in [6, 6.07) is 26.5. The van der Waals surface area contributed by atoms with Crippen molar-refractivity contribution in [1.82, 2.24) is 0 Å². The first-order valence-electron chi connectivity index (χ1n) is 9.31. The molecule has 126 valence electrons. The van der Waals surface area contributed by atoms with Gasteiger partial charge in [0.15, 0.2) is 0 Å². The minimum atomic E-state index is 0.772. The van der Waals surface area contributed by atoms with Gasteiger partial charge in [-0.05, 0) is 71.5 Å². The van der Waals surface area contributed by atoms with E-state index >= 15 is 0 Å². The highest BCUT2D eigenvalue weighted by Crippen LogP contribution is 2.31. The third-order valence-electron chi connectivity index (χ3n) is 5.44. The summed E-state index contributed by atoms with van der Waals surface area (Å²) in [5.74, 6) is 0.772. The van der Waals surface area contributed by atoms with Crippen LogP contribution in [0.5, 0.6) is 0 Å². The van der Waals surface area contributed by atoms with Crippen LogP contribution in [0.4, 0.5) is 0 Å². The van der Waals surface area contributed by atoms with Gasteiger partial charge in [0.2, 0.25) is 0 Å². The Morgan fingerprint density at radius 3 is 2.08 bits per heavy atom. The maximum atomic E-state index is 5.73. The summed E-state index contributed by atoms with van der Waals surface area (Å²) < 4.78 is 0. The van der Waals surface area contributed by atoms with Crippen LogP contribution in [-0.2, 0) is 12.8 Å². The summed E-state index contributed by atoms with van der Waals surface area (Å²) in [6.45, 7) is 0.811. The molecule has 2 N–H and O–H groups in total. The summed E-state index contributed by atoms with van der Waals surface area (Å²) in [5, 5.41) is 0. The van der Waals surface area contributed by atoms with E-state index in [1.165, 1.54) is 52.6 Å². The molecule has 1 aliphatic carbocycles. The van der Waals surface area contributed by atoms with Crippen LogP contribution in [0.15, 0.2) is 72.8 Å². The molecule has 0 amide bonds. The molecule has 3 aromatic rings. The summed E-state index contributed by atoms with van der Waals surface area (Å²) in [7, 11) is 0. The normalized spacial score (nSPS) is 16.4. The number of fused-ring (bicyclic) bond motifs is 1. The highest BCUT2D eigenvalue weighted by atomic mass is 14.5. The van der Waals surface area contributed by atoms with E-state index in [1.807, 2.05) is 0 Å². The topological polar surface area (TPSA) is 26.0 Å². The predicted molar refractivity (Wildman–Crippen MR) is 107 cm³/mol. The fraction of sp³-hybridized carbons (Fsp3) is 0.250. The number of rotatable bonds is 4. The van der Waals surface area contributed by atoms with Gasteiger partial charge < -0.3 is 5.73 Å². The Kier molecular flexibility index (Phi) is 4.67. The molecule has 0 saturated heterocycles. The van der Waals surface area contributed by atoms with Gasteiger partial charge in [-0.3, -0.25) is 0 Å². The molecule has 1 aliphatic rings. The Labute approximate surface area is 150 Å². The molecule has 1 atom stereocenters. The number of nitrogens with two attached hydrogens (primary N) is 1. The van der Waals surface area contributed by atoms with Gasteiger partial charge >= 0.3 is 0 Å². The molecular formula is C24H25N. The second-order valence-electron chi connectivity index (χ2n) is 7.11. The minimum Gasteiger partial charge on any atom is -0.330 e. The molecule has 25 heavy (non-hydrogen) atoms. The van der Waals surface area contributed by atoms with Crippen LogP contribution in [0.2, 0.25) is 0 Å². The summed E-state index contributed by atoms with van der Waals surface area (Å²) in [4.78, 5) is 0. The van der Waals surface area contributed by atoms with Crippen LogP contribution in [0.3, 0.4) is 0 Å².